The van der Waals surface area contributed by atoms with Gasteiger partial charge >= 0.3 is 36.1 Å². The zero-order valence-corrected chi connectivity index (χ0v) is 42.3. The first-order valence-electron chi connectivity index (χ1n) is 20.2. The van der Waals surface area contributed by atoms with Gasteiger partial charge in [-0.2, -0.15) is 25.3 Å². The van der Waals surface area contributed by atoms with Gasteiger partial charge in [-0.15, -0.1) is 17.7 Å². The van der Waals surface area contributed by atoms with Gasteiger partial charge in [0.15, 0.2) is 0 Å². The van der Waals surface area contributed by atoms with Gasteiger partial charge < -0.3 is 4.84 Å². The summed E-state index contributed by atoms with van der Waals surface area (Å²) >= 11 is 0. The molecule has 1 aliphatic rings. The van der Waals surface area contributed by atoms with Crippen LogP contribution < -0.4 is 0 Å². The third kappa shape index (κ3) is 22.4. The number of nitrogens with zero attached hydrogens (tertiary/aromatic N) is 7. The van der Waals surface area contributed by atoms with Crippen molar-refractivity contribution in [2.24, 2.45) is 0 Å². The number of hydrogen-bond acceptors (Lipinski definition) is 19. The number of hydrogen-bond donors (Lipinski definition) is 3. The number of aromatic nitrogens is 6. The van der Waals surface area contributed by atoms with Gasteiger partial charge in [0.2, 0.25) is 0 Å². The molecule has 23 nitrogen and oxygen atoms in total. The Morgan fingerprint density at radius 1 is 0.535 bits per heavy atom. The van der Waals surface area contributed by atoms with Gasteiger partial charge in [-0.3, -0.25) is 53.2 Å². The van der Waals surface area contributed by atoms with Crippen LogP contribution in [0.1, 0.15) is 59.1 Å². The van der Waals surface area contributed by atoms with Gasteiger partial charge in [0, 0.05) is 56.4 Å². The smallest absolute Gasteiger partial charge is 0.330 e. The average Bonchev–Trinajstić information content (AvgIpc) is 3.57. The molecule has 2 amide bonds. The summed E-state index contributed by atoms with van der Waals surface area (Å²) in [5.74, 6) is -3.06. The Kier molecular flexibility index (Phi) is 22.5. The summed E-state index contributed by atoms with van der Waals surface area (Å²) in [5.41, 5.74) is 7.76. The minimum Gasteiger partial charge on any atom is -0.330 e. The van der Waals surface area contributed by atoms with E-state index in [0.29, 0.717) is 57.4 Å². The molecule has 3 N–H and O–H groups in total. The van der Waals surface area contributed by atoms with Crippen LogP contribution in [0.3, 0.4) is 0 Å². The quantitative estimate of drug-likeness (QED) is 0.0784. The number of imide groups is 1. The molecule has 6 aromatic rings. The van der Waals surface area contributed by atoms with Crippen LogP contribution >= 0.6 is 0 Å². The molecule has 28 heteroatoms. The van der Waals surface area contributed by atoms with Gasteiger partial charge in [0.1, 0.15) is 17.3 Å². The van der Waals surface area contributed by atoms with E-state index in [9.17, 15) is 39.6 Å². The number of rotatable bonds is 14. The van der Waals surface area contributed by atoms with Crippen molar-refractivity contribution in [3.63, 3.8) is 0 Å². The maximum absolute atomic E-state index is 11.8. The zero-order valence-electron chi connectivity index (χ0n) is 37.3. The molecular weight excluding hydrogens is 1100 g/mol. The fourth-order valence-corrected chi connectivity index (χ4v) is 7.91. The SMILES string of the molecule is Cc1ccnc(-c2cc(CCCC(=O)ON3C(=O)CCC3=O)ccn2)c1.Cc1ccnc(-c2cc(CS(=O)(=O)O)ccn2)c1.O=S(=O)(O)Cc1ccnc(-c2cc(CS(=O)(=O)O)ccn2)c1.O=S(=O)=O.[Ru+2]. The minimum absolute atomic E-state index is 0. The van der Waals surface area contributed by atoms with E-state index >= 15 is 0 Å². The first-order valence-corrected chi connectivity index (χ1v) is 26.0. The number of aryl methyl sites for hydroxylation is 3. The van der Waals surface area contributed by atoms with Crippen molar-refractivity contribution in [1.29, 1.82) is 0 Å². The minimum atomic E-state index is -4.17. The van der Waals surface area contributed by atoms with E-state index in [1.165, 1.54) is 42.9 Å². The standard InChI is InChI=1S/C19H19N3O4.C12H12N2O6S2.C12H12N2O3S.O3S.Ru/c1-13-7-9-20-15(11-13)16-12-14(8-10-21-16)3-2-4-19(25)26-22-17(23)5-6-18(22)24;15-21(16,17)7-9-1-3-13-11(5-9)12-6-10(2-4-14-12)8-22(18,19)20;1-9-2-4-13-11(6-9)12-7-10(3-5-14-12)8-18(15,16)17;1-4(2)3;/h7-12H,2-6H2,1H3;1-6H,7-8H2,(H,15,16,17)(H,18,19,20);2-7H,8H2,1H3,(H,15,16,17);;/q;;;;+2. The van der Waals surface area contributed by atoms with Crippen LogP contribution in [0.25, 0.3) is 34.2 Å². The third-order valence-electron chi connectivity index (χ3n) is 9.01. The maximum atomic E-state index is 11.8. The number of carbonyl (C=O) groups excluding carboxylic acids is 3. The Morgan fingerprint density at radius 2 is 0.817 bits per heavy atom. The molecule has 0 aromatic carbocycles. The summed E-state index contributed by atoms with van der Waals surface area (Å²) < 4.78 is 117. The normalized spacial score (nSPS) is 12.2. The molecule has 1 saturated heterocycles. The Labute approximate surface area is 422 Å². The van der Waals surface area contributed by atoms with E-state index in [4.69, 9.17) is 31.1 Å². The molecule has 0 radical (unpaired) electrons. The van der Waals surface area contributed by atoms with E-state index in [2.05, 4.69) is 29.9 Å². The van der Waals surface area contributed by atoms with Gasteiger partial charge in [0.05, 0.1) is 34.2 Å². The summed E-state index contributed by atoms with van der Waals surface area (Å²) in [6, 6.07) is 20.3. The Morgan fingerprint density at radius 3 is 1.13 bits per heavy atom. The average molecular weight is 1140 g/mol. The van der Waals surface area contributed by atoms with Crippen molar-refractivity contribution in [1.82, 2.24) is 35.0 Å². The third-order valence-corrected chi connectivity index (χ3v) is 11.1. The second kappa shape index (κ2) is 27.2. The molecule has 1 aliphatic heterocycles. The molecule has 7 heterocycles. The second-order valence-corrected chi connectivity index (χ2v) is 19.7. The molecule has 7 rings (SSSR count). The van der Waals surface area contributed by atoms with Crippen molar-refractivity contribution in [3.05, 3.63) is 143 Å². The van der Waals surface area contributed by atoms with Crippen molar-refractivity contribution in [2.75, 3.05) is 0 Å². The first kappa shape index (κ1) is 58.8. The summed E-state index contributed by atoms with van der Waals surface area (Å²) in [6.45, 7) is 3.93. The Bertz CT molecular complexity index is 3220. The van der Waals surface area contributed by atoms with Crippen LogP contribution in [-0.4, -0.2) is 104 Å². The summed E-state index contributed by atoms with van der Waals surface area (Å²) in [5, 5.41) is 0.580. The Balaban J connectivity index is 0.000000273. The molecule has 6 aromatic heterocycles. The fraction of sp³-hybridized carbons (Fsp3) is 0.233. The van der Waals surface area contributed by atoms with Gasteiger partial charge in [-0.05, 0) is 133 Å². The van der Waals surface area contributed by atoms with Crippen LogP contribution in [0, 0.1) is 13.8 Å². The molecule has 0 aliphatic carbocycles. The van der Waals surface area contributed by atoms with E-state index in [0.717, 1.165) is 28.1 Å². The molecule has 0 atom stereocenters. The first-order chi connectivity index (χ1) is 32.8. The topological polar surface area (TPSA) is 355 Å². The molecule has 0 bridgehead atoms. The molecule has 376 valence electrons. The van der Waals surface area contributed by atoms with E-state index < -0.39 is 76.0 Å². The number of pyridine rings is 6. The molecule has 0 saturated carbocycles. The molecule has 71 heavy (non-hydrogen) atoms. The van der Waals surface area contributed by atoms with Crippen LogP contribution in [0.4, 0.5) is 0 Å². The van der Waals surface area contributed by atoms with Crippen LogP contribution in [0.5, 0.6) is 0 Å². The predicted octanol–water partition coefficient (Wildman–Crippen LogP) is 4.13. The Hall–Kier alpha value is -6.52. The summed E-state index contributed by atoms with van der Waals surface area (Å²) in [7, 11) is -15.5. The van der Waals surface area contributed by atoms with Gasteiger partial charge in [0.25, 0.3) is 42.2 Å². The van der Waals surface area contributed by atoms with Crippen LogP contribution in [0.15, 0.2) is 110 Å². The monoisotopic (exact) mass is 1140 g/mol. The second-order valence-electron chi connectivity index (χ2n) is 14.9. The van der Waals surface area contributed by atoms with E-state index in [-0.39, 0.29) is 38.7 Å². The number of amides is 2. The molecule has 1 fully saturated rings. The number of hydroxylamine groups is 2. The zero-order chi connectivity index (χ0) is 51.6. The van der Waals surface area contributed by atoms with Crippen LogP contribution in [0.2, 0.25) is 0 Å². The predicted molar refractivity (Wildman–Crippen MR) is 247 cm³/mol. The van der Waals surface area contributed by atoms with Crippen molar-refractivity contribution >= 4 is 58.7 Å². The molecule has 0 spiro atoms. The van der Waals surface area contributed by atoms with Gasteiger partial charge in [-0.1, -0.05) is 0 Å². The number of carbonyl (C=O) groups is 3. The fourth-order valence-electron chi connectivity index (χ4n) is 6.11. The summed E-state index contributed by atoms with van der Waals surface area (Å²) in [4.78, 5) is 64.6. The summed E-state index contributed by atoms with van der Waals surface area (Å²) in [6.07, 6.45) is 10.8. The van der Waals surface area contributed by atoms with Crippen molar-refractivity contribution < 1.29 is 90.2 Å². The van der Waals surface area contributed by atoms with Crippen LogP contribution in [-0.2, 0) is 103 Å². The molecule has 0 unspecified atom stereocenters. The van der Waals surface area contributed by atoms with E-state index in [1.54, 1.807) is 30.7 Å². The molecular formula is C43H43N7O16RuS4+2. The van der Waals surface area contributed by atoms with E-state index in [1.807, 2.05) is 50.2 Å². The largest absolute Gasteiger partial charge is 2.00 e. The van der Waals surface area contributed by atoms with Crippen molar-refractivity contribution in [2.45, 2.75) is 63.2 Å². The maximum Gasteiger partial charge on any atom is 2.00 e. The van der Waals surface area contributed by atoms with Crippen molar-refractivity contribution in [3.8, 4) is 34.2 Å². The van der Waals surface area contributed by atoms with Gasteiger partial charge in [-0.25, -0.2) is 4.79 Å².